The van der Waals surface area contributed by atoms with Gasteiger partial charge in [-0.15, -0.1) is 0 Å². The summed E-state index contributed by atoms with van der Waals surface area (Å²) in [5.74, 6) is 1.87. The van der Waals surface area contributed by atoms with Crippen molar-refractivity contribution in [2.45, 2.75) is 33.1 Å². The average Bonchev–Trinajstić information content (AvgIpc) is 2.62. The van der Waals surface area contributed by atoms with Crippen LogP contribution in [-0.2, 0) is 6.42 Å². The number of hydrogen-bond acceptors (Lipinski definition) is 4. The number of hydrogen-bond donors (Lipinski definition) is 0. The van der Waals surface area contributed by atoms with Gasteiger partial charge in [-0.1, -0.05) is 25.9 Å². The quantitative estimate of drug-likeness (QED) is 0.720. The van der Waals surface area contributed by atoms with Gasteiger partial charge in [-0.25, -0.2) is 0 Å². The highest BCUT2D eigenvalue weighted by Gasteiger charge is 2.09. The smallest absolute Gasteiger partial charge is 0.229 e. The second kappa shape index (κ2) is 5.10. The minimum atomic E-state index is 0.320. The standard InChI is InChI=1S/C10H19N3O/c1-5-13(4)7-6-9-11-10(8(2)3)14-12-9/h8H,5-7H2,1-4H3. The predicted molar refractivity (Wildman–Crippen MR) is 55.3 cm³/mol. The fourth-order valence-electron chi connectivity index (χ4n) is 1.05. The Labute approximate surface area is 85.3 Å². The molecule has 0 spiro atoms. The first-order chi connectivity index (χ1) is 6.63. The molecular formula is C10H19N3O. The number of aromatic nitrogens is 2. The van der Waals surface area contributed by atoms with Crippen LogP contribution in [0.2, 0.25) is 0 Å². The molecule has 0 aliphatic carbocycles. The summed E-state index contributed by atoms with van der Waals surface area (Å²) in [5, 5.41) is 3.93. The summed E-state index contributed by atoms with van der Waals surface area (Å²) in [6.45, 7) is 8.27. The molecule has 0 aliphatic heterocycles. The summed E-state index contributed by atoms with van der Waals surface area (Å²) in [6, 6.07) is 0. The summed E-state index contributed by atoms with van der Waals surface area (Å²) in [5.41, 5.74) is 0. The van der Waals surface area contributed by atoms with Crippen molar-refractivity contribution in [2.75, 3.05) is 20.1 Å². The highest BCUT2D eigenvalue weighted by molar-refractivity contribution is 4.91. The van der Waals surface area contributed by atoms with Gasteiger partial charge in [0.25, 0.3) is 0 Å². The summed E-state index contributed by atoms with van der Waals surface area (Å²) in [7, 11) is 2.09. The molecule has 4 heteroatoms. The van der Waals surface area contributed by atoms with Crippen molar-refractivity contribution in [3.63, 3.8) is 0 Å². The summed E-state index contributed by atoms with van der Waals surface area (Å²) >= 11 is 0. The number of nitrogens with zero attached hydrogens (tertiary/aromatic N) is 3. The maximum atomic E-state index is 5.11. The van der Waals surface area contributed by atoms with E-state index in [9.17, 15) is 0 Å². The van der Waals surface area contributed by atoms with Crippen LogP contribution in [-0.4, -0.2) is 35.2 Å². The van der Waals surface area contributed by atoms with E-state index >= 15 is 0 Å². The molecule has 4 nitrogen and oxygen atoms in total. The van der Waals surface area contributed by atoms with Crippen LogP contribution in [0.3, 0.4) is 0 Å². The third-order valence-electron chi connectivity index (χ3n) is 2.23. The highest BCUT2D eigenvalue weighted by atomic mass is 16.5. The first-order valence-electron chi connectivity index (χ1n) is 5.14. The second-order valence-electron chi connectivity index (χ2n) is 3.85. The highest BCUT2D eigenvalue weighted by Crippen LogP contribution is 2.10. The van der Waals surface area contributed by atoms with Crippen molar-refractivity contribution in [1.82, 2.24) is 15.0 Å². The molecule has 80 valence electrons. The molecule has 0 radical (unpaired) electrons. The minimum Gasteiger partial charge on any atom is -0.339 e. The first-order valence-corrected chi connectivity index (χ1v) is 5.14. The lowest BCUT2D eigenvalue weighted by Gasteiger charge is -2.10. The predicted octanol–water partition coefficient (Wildman–Crippen LogP) is 1.69. The molecule has 1 heterocycles. The van der Waals surface area contributed by atoms with Crippen molar-refractivity contribution in [3.05, 3.63) is 11.7 Å². The van der Waals surface area contributed by atoms with Crippen LogP contribution in [0, 0.1) is 0 Å². The molecular weight excluding hydrogens is 178 g/mol. The van der Waals surface area contributed by atoms with Gasteiger partial charge in [0, 0.05) is 18.9 Å². The SMILES string of the molecule is CCN(C)CCc1noc(C(C)C)n1. The van der Waals surface area contributed by atoms with Gasteiger partial charge in [0.05, 0.1) is 0 Å². The van der Waals surface area contributed by atoms with Crippen LogP contribution in [0.15, 0.2) is 4.52 Å². The molecule has 0 unspecified atom stereocenters. The molecule has 1 aromatic rings. The molecule has 0 bridgehead atoms. The Kier molecular flexibility index (Phi) is 4.07. The molecule has 0 saturated carbocycles. The van der Waals surface area contributed by atoms with Gasteiger partial charge in [-0.3, -0.25) is 0 Å². The second-order valence-corrected chi connectivity index (χ2v) is 3.85. The van der Waals surface area contributed by atoms with E-state index in [1.54, 1.807) is 0 Å². The molecule has 0 atom stereocenters. The molecule has 14 heavy (non-hydrogen) atoms. The lowest BCUT2D eigenvalue weighted by atomic mass is 10.2. The Morgan fingerprint density at radius 2 is 2.14 bits per heavy atom. The Morgan fingerprint density at radius 3 is 2.64 bits per heavy atom. The summed E-state index contributed by atoms with van der Waals surface area (Å²) in [4.78, 5) is 6.54. The van der Waals surface area contributed by atoms with E-state index in [1.165, 1.54) is 0 Å². The minimum absolute atomic E-state index is 0.320. The number of likely N-dealkylation sites (N-methyl/N-ethyl adjacent to an activating group) is 1. The fraction of sp³-hybridized carbons (Fsp3) is 0.800. The van der Waals surface area contributed by atoms with Crippen molar-refractivity contribution in [3.8, 4) is 0 Å². The van der Waals surface area contributed by atoms with E-state index in [0.717, 1.165) is 31.2 Å². The van der Waals surface area contributed by atoms with E-state index in [1.807, 2.05) is 0 Å². The molecule has 0 aliphatic rings. The Morgan fingerprint density at radius 1 is 1.43 bits per heavy atom. The fourth-order valence-corrected chi connectivity index (χ4v) is 1.05. The van der Waals surface area contributed by atoms with Crippen LogP contribution >= 0.6 is 0 Å². The zero-order chi connectivity index (χ0) is 10.6. The van der Waals surface area contributed by atoms with E-state index in [0.29, 0.717) is 5.92 Å². The van der Waals surface area contributed by atoms with Crippen LogP contribution in [0.5, 0.6) is 0 Å². The molecule has 0 N–H and O–H groups in total. The van der Waals surface area contributed by atoms with E-state index in [2.05, 4.69) is 42.9 Å². The molecule has 0 fully saturated rings. The van der Waals surface area contributed by atoms with Gasteiger partial charge in [0.1, 0.15) is 0 Å². The van der Waals surface area contributed by atoms with Gasteiger partial charge < -0.3 is 9.42 Å². The van der Waals surface area contributed by atoms with E-state index in [4.69, 9.17) is 4.52 Å². The first kappa shape index (κ1) is 11.2. The van der Waals surface area contributed by atoms with Gasteiger partial charge in [-0.05, 0) is 13.6 Å². The van der Waals surface area contributed by atoms with Crippen LogP contribution in [0.1, 0.15) is 38.4 Å². The molecule has 0 amide bonds. The lowest BCUT2D eigenvalue weighted by molar-refractivity contribution is 0.341. The lowest BCUT2D eigenvalue weighted by Crippen LogP contribution is -2.20. The van der Waals surface area contributed by atoms with Gasteiger partial charge >= 0.3 is 0 Å². The van der Waals surface area contributed by atoms with E-state index in [-0.39, 0.29) is 0 Å². The maximum absolute atomic E-state index is 5.11. The third kappa shape index (κ3) is 3.10. The monoisotopic (exact) mass is 197 g/mol. The van der Waals surface area contributed by atoms with E-state index < -0.39 is 0 Å². The van der Waals surface area contributed by atoms with Crippen molar-refractivity contribution in [1.29, 1.82) is 0 Å². The zero-order valence-electron chi connectivity index (χ0n) is 9.45. The van der Waals surface area contributed by atoms with Gasteiger partial charge in [0.2, 0.25) is 5.89 Å². The third-order valence-corrected chi connectivity index (χ3v) is 2.23. The Bertz CT molecular complexity index is 270. The van der Waals surface area contributed by atoms with Gasteiger partial charge in [0.15, 0.2) is 5.82 Å². The zero-order valence-corrected chi connectivity index (χ0v) is 9.45. The summed E-state index contributed by atoms with van der Waals surface area (Å²) in [6.07, 6.45) is 0.862. The Balaban J connectivity index is 2.44. The Hall–Kier alpha value is -0.900. The van der Waals surface area contributed by atoms with Crippen molar-refractivity contribution < 1.29 is 4.52 Å². The maximum Gasteiger partial charge on any atom is 0.229 e. The largest absolute Gasteiger partial charge is 0.339 e. The number of rotatable bonds is 5. The van der Waals surface area contributed by atoms with Crippen LogP contribution in [0.4, 0.5) is 0 Å². The molecule has 0 saturated heterocycles. The van der Waals surface area contributed by atoms with Gasteiger partial charge in [-0.2, -0.15) is 4.98 Å². The average molecular weight is 197 g/mol. The van der Waals surface area contributed by atoms with Crippen molar-refractivity contribution >= 4 is 0 Å². The molecule has 1 aromatic heterocycles. The molecule has 0 aromatic carbocycles. The van der Waals surface area contributed by atoms with Crippen molar-refractivity contribution in [2.24, 2.45) is 0 Å². The topological polar surface area (TPSA) is 42.2 Å². The summed E-state index contributed by atoms with van der Waals surface area (Å²) < 4.78 is 5.11. The van der Waals surface area contributed by atoms with Crippen LogP contribution < -0.4 is 0 Å². The molecule has 1 rings (SSSR count). The van der Waals surface area contributed by atoms with Crippen LogP contribution in [0.25, 0.3) is 0 Å². The normalized spacial score (nSPS) is 11.6.